The minimum absolute atomic E-state index is 0.545. The quantitative estimate of drug-likeness (QED) is 0.381. The number of hydrogen-bond donors (Lipinski definition) is 2. The molecule has 0 unspecified atom stereocenters. The number of aldehydes is 1. The molecular weight excluding hydrogens is 183 g/mol. The van der Waals surface area contributed by atoms with Crippen LogP contribution in [0.1, 0.15) is 27.7 Å². The number of carbonyl (C=O) groups is 1. The van der Waals surface area contributed by atoms with Crippen molar-refractivity contribution in [2.75, 3.05) is 0 Å². The van der Waals surface area contributed by atoms with Gasteiger partial charge in [0.25, 0.3) is 0 Å². The van der Waals surface area contributed by atoms with E-state index in [1.54, 1.807) is 27.7 Å². The van der Waals surface area contributed by atoms with E-state index in [9.17, 15) is 14.9 Å². The topological polar surface area (TPSA) is 66.8 Å². The molecule has 0 amide bonds. The van der Waals surface area contributed by atoms with Crippen molar-refractivity contribution in [3.05, 3.63) is 12.1 Å². The third-order valence-corrected chi connectivity index (χ3v) is 2.24. The maximum atomic E-state index is 9.97. The smallest absolute Gasteiger partial charge is 0.423 e. The van der Waals surface area contributed by atoms with E-state index in [1.165, 1.54) is 5.98 Å². The maximum absolute atomic E-state index is 9.97. The second-order valence-electron chi connectivity index (χ2n) is 4.10. The van der Waals surface area contributed by atoms with Crippen molar-refractivity contribution < 1.29 is 19.6 Å². The number of rotatable bonds is 5. The Bertz CT molecular complexity index is 217. The van der Waals surface area contributed by atoms with Gasteiger partial charge in [0, 0.05) is 0 Å². The predicted octanol–water partition coefficient (Wildman–Crippen LogP) is 0.327. The summed E-state index contributed by atoms with van der Waals surface area (Å²) in [6.45, 7) is 6.49. The largest absolute Gasteiger partial charge is 0.484 e. The first-order valence-electron chi connectivity index (χ1n) is 4.41. The zero-order valence-electron chi connectivity index (χ0n) is 9.02. The van der Waals surface area contributed by atoms with Gasteiger partial charge < -0.3 is 14.8 Å². The Morgan fingerprint density at radius 1 is 1.29 bits per heavy atom. The van der Waals surface area contributed by atoms with Crippen molar-refractivity contribution in [3.8, 4) is 0 Å². The lowest BCUT2D eigenvalue weighted by Crippen LogP contribution is -2.50. The lowest BCUT2D eigenvalue weighted by atomic mass is 9.83. The van der Waals surface area contributed by atoms with Crippen LogP contribution in [-0.2, 0) is 9.45 Å². The van der Waals surface area contributed by atoms with E-state index < -0.39 is 18.3 Å². The highest BCUT2D eigenvalue weighted by Gasteiger charge is 2.38. The van der Waals surface area contributed by atoms with Gasteiger partial charge in [0.2, 0.25) is 0 Å². The first-order valence-corrected chi connectivity index (χ1v) is 4.41. The molecule has 0 radical (unpaired) electrons. The van der Waals surface area contributed by atoms with Crippen molar-refractivity contribution in [2.45, 2.75) is 38.9 Å². The van der Waals surface area contributed by atoms with Gasteiger partial charge in [-0.3, -0.25) is 4.79 Å². The standard InChI is InChI=1S/C9H17BO4/c1-8(2,12)9(3,4)14-10(13)6-5-7-11/h5-7,12-13H,1-4H3. The number of hydrogen-bond acceptors (Lipinski definition) is 4. The average Bonchev–Trinajstić information content (AvgIpc) is 1.97. The second kappa shape index (κ2) is 4.73. The Balaban J connectivity index is 4.36. The first kappa shape index (κ1) is 13.4. The molecule has 0 aromatic heterocycles. The molecule has 0 aliphatic heterocycles. The summed E-state index contributed by atoms with van der Waals surface area (Å²) in [5, 5.41) is 19.0. The number of aliphatic hydroxyl groups is 1. The van der Waals surface area contributed by atoms with Gasteiger partial charge in [-0.2, -0.15) is 0 Å². The summed E-state index contributed by atoms with van der Waals surface area (Å²) < 4.78 is 5.16. The van der Waals surface area contributed by atoms with Crippen LogP contribution in [0.4, 0.5) is 0 Å². The van der Waals surface area contributed by atoms with Gasteiger partial charge >= 0.3 is 7.12 Å². The zero-order valence-corrected chi connectivity index (χ0v) is 9.02. The number of carbonyl (C=O) groups excluding carboxylic acids is 1. The third kappa shape index (κ3) is 4.04. The van der Waals surface area contributed by atoms with E-state index in [0.717, 1.165) is 6.08 Å². The summed E-state index contributed by atoms with van der Waals surface area (Å²) in [7, 11) is -1.19. The minimum atomic E-state index is -1.19. The fourth-order valence-corrected chi connectivity index (χ4v) is 0.626. The van der Waals surface area contributed by atoms with Crippen molar-refractivity contribution in [1.82, 2.24) is 0 Å². The number of allylic oxidation sites excluding steroid dienone is 1. The summed E-state index contributed by atoms with van der Waals surface area (Å²) in [5.74, 6) is 1.21. The van der Waals surface area contributed by atoms with Crippen molar-refractivity contribution >= 4 is 13.4 Å². The van der Waals surface area contributed by atoms with Crippen LogP contribution < -0.4 is 0 Å². The van der Waals surface area contributed by atoms with E-state index in [-0.39, 0.29) is 0 Å². The second-order valence-corrected chi connectivity index (χ2v) is 4.10. The summed E-state index contributed by atoms with van der Waals surface area (Å²) in [6.07, 6.45) is 1.69. The molecule has 0 rings (SSSR count). The molecule has 0 saturated heterocycles. The van der Waals surface area contributed by atoms with E-state index >= 15 is 0 Å². The molecule has 2 N–H and O–H groups in total. The summed E-state index contributed by atoms with van der Waals surface area (Å²) in [5.41, 5.74) is -1.98. The summed E-state index contributed by atoms with van der Waals surface area (Å²) >= 11 is 0. The molecule has 0 atom stereocenters. The first-order chi connectivity index (χ1) is 6.20. The fraction of sp³-hybridized carbons (Fsp3) is 0.667. The molecule has 0 aliphatic rings. The van der Waals surface area contributed by atoms with Crippen LogP contribution in [-0.4, -0.2) is 34.7 Å². The Morgan fingerprint density at radius 3 is 2.14 bits per heavy atom. The third-order valence-electron chi connectivity index (χ3n) is 2.24. The van der Waals surface area contributed by atoms with Crippen LogP contribution in [0, 0.1) is 0 Å². The minimum Gasteiger partial charge on any atom is -0.423 e. The molecule has 0 bridgehead atoms. The molecule has 0 saturated carbocycles. The Morgan fingerprint density at radius 2 is 1.79 bits per heavy atom. The normalized spacial score (nSPS) is 13.3. The monoisotopic (exact) mass is 200 g/mol. The molecule has 0 aromatic rings. The van der Waals surface area contributed by atoms with Crippen LogP contribution in [0.5, 0.6) is 0 Å². The maximum Gasteiger partial charge on any atom is 0.484 e. The molecule has 0 spiro atoms. The molecule has 80 valence electrons. The predicted molar refractivity (Wildman–Crippen MR) is 54.6 cm³/mol. The highest BCUT2D eigenvalue weighted by molar-refractivity contribution is 6.49. The lowest BCUT2D eigenvalue weighted by molar-refractivity contribution is -0.104. The molecule has 0 fully saturated rings. The van der Waals surface area contributed by atoms with Crippen LogP contribution in [0.3, 0.4) is 0 Å². The lowest BCUT2D eigenvalue weighted by Gasteiger charge is -2.37. The zero-order chi connectivity index (χ0) is 11.4. The average molecular weight is 200 g/mol. The van der Waals surface area contributed by atoms with Gasteiger partial charge in [-0.25, -0.2) is 0 Å². The van der Waals surface area contributed by atoms with E-state index in [2.05, 4.69) is 0 Å². The Labute approximate surface area is 84.7 Å². The Kier molecular flexibility index (Phi) is 4.51. The van der Waals surface area contributed by atoms with Crippen LogP contribution in [0.25, 0.3) is 0 Å². The van der Waals surface area contributed by atoms with E-state index in [0.29, 0.717) is 6.29 Å². The van der Waals surface area contributed by atoms with Gasteiger partial charge in [-0.15, -0.1) is 0 Å². The molecular formula is C9H17BO4. The van der Waals surface area contributed by atoms with Crippen LogP contribution >= 0.6 is 0 Å². The molecule has 0 heterocycles. The van der Waals surface area contributed by atoms with E-state index in [1.807, 2.05) is 0 Å². The molecule has 4 nitrogen and oxygen atoms in total. The van der Waals surface area contributed by atoms with E-state index in [4.69, 9.17) is 4.65 Å². The van der Waals surface area contributed by atoms with Gasteiger partial charge in [0.05, 0.1) is 11.2 Å². The molecule has 0 aromatic carbocycles. The highest BCUT2D eigenvalue weighted by Crippen LogP contribution is 2.25. The SMILES string of the molecule is CC(C)(O)C(C)(C)OB(O)C=CC=O. The van der Waals surface area contributed by atoms with Crippen LogP contribution in [0.2, 0.25) is 0 Å². The van der Waals surface area contributed by atoms with Crippen molar-refractivity contribution in [1.29, 1.82) is 0 Å². The molecule has 14 heavy (non-hydrogen) atoms. The van der Waals surface area contributed by atoms with Gasteiger partial charge in [-0.05, 0) is 33.8 Å². The summed E-state index contributed by atoms with van der Waals surface area (Å²) in [6, 6.07) is 0. The summed E-state index contributed by atoms with van der Waals surface area (Å²) in [4.78, 5) is 9.97. The molecule has 0 aliphatic carbocycles. The van der Waals surface area contributed by atoms with Gasteiger partial charge in [0.1, 0.15) is 6.29 Å². The van der Waals surface area contributed by atoms with Crippen molar-refractivity contribution in [2.24, 2.45) is 0 Å². The highest BCUT2D eigenvalue weighted by atomic mass is 16.5. The van der Waals surface area contributed by atoms with Gasteiger partial charge in [-0.1, -0.05) is 5.98 Å². The van der Waals surface area contributed by atoms with Crippen LogP contribution in [0.15, 0.2) is 12.1 Å². The fourth-order valence-electron chi connectivity index (χ4n) is 0.626. The molecule has 5 heteroatoms. The van der Waals surface area contributed by atoms with Crippen molar-refractivity contribution in [3.63, 3.8) is 0 Å². The van der Waals surface area contributed by atoms with Gasteiger partial charge in [0.15, 0.2) is 0 Å². The Hall–Kier alpha value is -0.645.